The van der Waals surface area contributed by atoms with Gasteiger partial charge in [0.2, 0.25) is 0 Å². The topological polar surface area (TPSA) is 20.3 Å². The lowest BCUT2D eigenvalue weighted by Gasteiger charge is -2.11. The van der Waals surface area contributed by atoms with Crippen molar-refractivity contribution in [2.24, 2.45) is 0 Å². The third-order valence-corrected chi connectivity index (χ3v) is 2.14. The average molecular weight is 189 g/mol. The summed E-state index contributed by atoms with van der Waals surface area (Å²) in [6.45, 7) is 5.68. The number of benzene rings is 1. The molecular weight excluding hydrogens is 174 g/mol. The van der Waals surface area contributed by atoms with Crippen molar-refractivity contribution in [2.75, 3.05) is 14.1 Å². The highest BCUT2D eigenvalue weighted by molar-refractivity contribution is 5.94. The van der Waals surface area contributed by atoms with Crippen LogP contribution >= 0.6 is 0 Å². The Morgan fingerprint density at radius 3 is 2.50 bits per heavy atom. The van der Waals surface area contributed by atoms with Crippen LogP contribution in [0.1, 0.15) is 21.5 Å². The van der Waals surface area contributed by atoms with Gasteiger partial charge in [-0.3, -0.25) is 4.79 Å². The molecule has 1 aromatic rings. The number of carbonyl (C=O) groups excluding carboxylic acids is 1. The van der Waals surface area contributed by atoms with Gasteiger partial charge in [-0.05, 0) is 30.2 Å². The van der Waals surface area contributed by atoms with Gasteiger partial charge in [-0.25, -0.2) is 0 Å². The van der Waals surface area contributed by atoms with E-state index >= 15 is 0 Å². The molecule has 2 nitrogen and oxygen atoms in total. The van der Waals surface area contributed by atoms with Crippen molar-refractivity contribution in [3.05, 3.63) is 41.5 Å². The van der Waals surface area contributed by atoms with Crippen LogP contribution in [0.3, 0.4) is 0 Å². The van der Waals surface area contributed by atoms with E-state index in [2.05, 4.69) is 6.58 Å². The third kappa shape index (κ3) is 2.02. The van der Waals surface area contributed by atoms with Gasteiger partial charge < -0.3 is 4.90 Å². The predicted molar refractivity (Wildman–Crippen MR) is 59.3 cm³/mol. The second-order valence-corrected chi connectivity index (χ2v) is 3.48. The summed E-state index contributed by atoms with van der Waals surface area (Å²) in [6.07, 6.45) is 1.79. The van der Waals surface area contributed by atoms with Crippen molar-refractivity contribution >= 4 is 12.0 Å². The van der Waals surface area contributed by atoms with Crippen LogP contribution in [0.15, 0.2) is 24.8 Å². The molecule has 0 unspecified atom stereocenters. The second kappa shape index (κ2) is 4.09. The molecule has 1 amide bonds. The maximum Gasteiger partial charge on any atom is 0.253 e. The quantitative estimate of drug-likeness (QED) is 0.699. The smallest absolute Gasteiger partial charge is 0.253 e. The molecule has 14 heavy (non-hydrogen) atoms. The van der Waals surface area contributed by atoms with Crippen LogP contribution in [-0.4, -0.2) is 24.9 Å². The van der Waals surface area contributed by atoms with Gasteiger partial charge in [0.25, 0.3) is 5.91 Å². The molecule has 0 saturated heterocycles. The minimum atomic E-state index is 0.0312. The Morgan fingerprint density at radius 1 is 1.43 bits per heavy atom. The minimum Gasteiger partial charge on any atom is -0.345 e. The molecular formula is C12H15NO. The first-order valence-electron chi connectivity index (χ1n) is 4.51. The number of amides is 1. The molecule has 0 atom stereocenters. The molecule has 74 valence electrons. The first-order chi connectivity index (χ1) is 6.56. The Hall–Kier alpha value is -1.57. The number of nitrogens with zero attached hydrogens (tertiary/aromatic N) is 1. The van der Waals surface area contributed by atoms with Crippen LogP contribution < -0.4 is 0 Å². The zero-order valence-corrected chi connectivity index (χ0v) is 8.87. The van der Waals surface area contributed by atoms with Crippen molar-refractivity contribution in [3.8, 4) is 0 Å². The molecule has 0 aliphatic carbocycles. The summed E-state index contributed by atoms with van der Waals surface area (Å²) in [5.41, 5.74) is 2.87. The molecule has 0 aliphatic heterocycles. The van der Waals surface area contributed by atoms with Gasteiger partial charge in [0, 0.05) is 19.7 Å². The first kappa shape index (κ1) is 10.5. The van der Waals surface area contributed by atoms with Gasteiger partial charge in [0.1, 0.15) is 0 Å². The van der Waals surface area contributed by atoms with Crippen LogP contribution in [0, 0.1) is 6.92 Å². The van der Waals surface area contributed by atoms with Crippen LogP contribution in [0.4, 0.5) is 0 Å². The van der Waals surface area contributed by atoms with E-state index in [0.29, 0.717) is 0 Å². The standard InChI is InChI=1S/C12H15NO/c1-5-10-6-7-11(8-9(10)2)12(14)13(3)4/h5-8H,1H2,2-4H3. The lowest BCUT2D eigenvalue weighted by Crippen LogP contribution is -2.21. The number of hydrogen-bond acceptors (Lipinski definition) is 1. The summed E-state index contributed by atoms with van der Waals surface area (Å²) in [5.74, 6) is 0.0312. The molecule has 0 saturated carbocycles. The fourth-order valence-corrected chi connectivity index (χ4v) is 1.30. The third-order valence-electron chi connectivity index (χ3n) is 2.14. The van der Waals surface area contributed by atoms with Crippen molar-refractivity contribution < 1.29 is 4.79 Å². The van der Waals surface area contributed by atoms with Crippen LogP contribution in [-0.2, 0) is 0 Å². The summed E-state index contributed by atoms with van der Waals surface area (Å²) in [4.78, 5) is 13.2. The minimum absolute atomic E-state index is 0.0312. The maximum atomic E-state index is 11.6. The lowest BCUT2D eigenvalue weighted by atomic mass is 10.0. The number of hydrogen-bond donors (Lipinski definition) is 0. The molecule has 0 radical (unpaired) electrons. The summed E-state index contributed by atoms with van der Waals surface area (Å²) in [5, 5.41) is 0. The van der Waals surface area contributed by atoms with E-state index < -0.39 is 0 Å². The van der Waals surface area contributed by atoms with Gasteiger partial charge in [-0.1, -0.05) is 18.7 Å². The highest BCUT2D eigenvalue weighted by atomic mass is 16.2. The molecule has 0 aliphatic rings. The summed E-state index contributed by atoms with van der Waals surface area (Å²) in [7, 11) is 3.50. The fraction of sp³-hybridized carbons (Fsp3) is 0.250. The molecule has 0 aromatic heterocycles. The van der Waals surface area contributed by atoms with Crippen molar-refractivity contribution in [2.45, 2.75) is 6.92 Å². The van der Waals surface area contributed by atoms with Gasteiger partial charge in [-0.2, -0.15) is 0 Å². The largest absolute Gasteiger partial charge is 0.345 e. The zero-order chi connectivity index (χ0) is 10.7. The van der Waals surface area contributed by atoms with Crippen molar-refractivity contribution in [1.29, 1.82) is 0 Å². The van der Waals surface area contributed by atoms with E-state index in [-0.39, 0.29) is 5.91 Å². The molecule has 1 aromatic carbocycles. The Morgan fingerprint density at radius 2 is 2.07 bits per heavy atom. The van der Waals surface area contributed by atoms with E-state index in [9.17, 15) is 4.79 Å². The Kier molecular flexibility index (Phi) is 3.07. The predicted octanol–water partition coefficient (Wildman–Crippen LogP) is 2.34. The summed E-state index contributed by atoms with van der Waals surface area (Å²) in [6, 6.07) is 5.63. The Bertz CT molecular complexity index is 367. The SMILES string of the molecule is C=Cc1ccc(C(=O)N(C)C)cc1C. The van der Waals surface area contributed by atoms with Gasteiger partial charge in [-0.15, -0.1) is 0 Å². The van der Waals surface area contributed by atoms with E-state index in [1.807, 2.05) is 25.1 Å². The summed E-state index contributed by atoms with van der Waals surface area (Å²) < 4.78 is 0. The zero-order valence-electron chi connectivity index (χ0n) is 8.87. The van der Waals surface area contributed by atoms with Crippen LogP contribution in [0.2, 0.25) is 0 Å². The lowest BCUT2D eigenvalue weighted by molar-refractivity contribution is 0.0827. The van der Waals surface area contributed by atoms with E-state index in [1.54, 1.807) is 25.1 Å². The molecule has 1 rings (SSSR count). The van der Waals surface area contributed by atoms with E-state index in [4.69, 9.17) is 0 Å². The maximum absolute atomic E-state index is 11.6. The second-order valence-electron chi connectivity index (χ2n) is 3.48. The monoisotopic (exact) mass is 189 g/mol. The molecule has 0 fully saturated rings. The number of aryl methyl sites for hydroxylation is 1. The van der Waals surface area contributed by atoms with Crippen LogP contribution in [0.5, 0.6) is 0 Å². The summed E-state index contributed by atoms with van der Waals surface area (Å²) >= 11 is 0. The number of rotatable bonds is 2. The van der Waals surface area contributed by atoms with Gasteiger partial charge >= 0.3 is 0 Å². The van der Waals surface area contributed by atoms with Gasteiger partial charge in [0.15, 0.2) is 0 Å². The molecule has 0 spiro atoms. The fourth-order valence-electron chi connectivity index (χ4n) is 1.30. The Balaban J connectivity index is 3.08. The highest BCUT2D eigenvalue weighted by Crippen LogP contribution is 2.13. The highest BCUT2D eigenvalue weighted by Gasteiger charge is 2.08. The number of carbonyl (C=O) groups is 1. The van der Waals surface area contributed by atoms with E-state index in [1.165, 1.54) is 0 Å². The normalized spacial score (nSPS) is 9.64. The molecule has 0 N–H and O–H groups in total. The van der Waals surface area contributed by atoms with Crippen molar-refractivity contribution in [1.82, 2.24) is 4.90 Å². The Labute approximate surface area is 84.9 Å². The molecule has 0 heterocycles. The van der Waals surface area contributed by atoms with Crippen LogP contribution in [0.25, 0.3) is 6.08 Å². The van der Waals surface area contributed by atoms with Gasteiger partial charge in [0.05, 0.1) is 0 Å². The molecule has 0 bridgehead atoms. The average Bonchev–Trinajstić information content (AvgIpc) is 2.16. The first-order valence-corrected chi connectivity index (χ1v) is 4.51. The molecule has 2 heteroatoms. The van der Waals surface area contributed by atoms with E-state index in [0.717, 1.165) is 16.7 Å². The van der Waals surface area contributed by atoms with Crippen molar-refractivity contribution in [3.63, 3.8) is 0 Å².